The van der Waals surface area contributed by atoms with Crippen molar-refractivity contribution < 1.29 is 4.79 Å². The van der Waals surface area contributed by atoms with E-state index in [1.165, 1.54) is 6.33 Å². The number of carbonyl (C=O) groups excluding carboxylic acids is 1. The Hall–Kier alpha value is -3.03. The molecule has 3 aromatic rings. The van der Waals surface area contributed by atoms with Crippen molar-refractivity contribution in [1.29, 1.82) is 0 Å². The van der Waals surface area contributed by atoms with Crippen LogP contribution in [0.3, 0.4) is 0 Å². The highest BCUT2D eigenvalue weighted by Gasteiger charge is 2.14. The number of rotatable bonds is 5. The molecule has 1 amide bonds. The standard InChI is InChI=1S/C14H15N7O/c1-2-10(12(15)22)20-11-3-4-17-14(21-11)9-6-18-13-8(9)5-16-7-19-13/h3-7,10H,2H2,1H3,(H2,15,22)(H,16,18,19)(H,17,20,21)/t10-/m1/s1. The SMILES string of the molecule is CC[C@@H](Nc1ccnc(-c2c[nH]c3ncncc23)n1)C(N)=O. The van der Waals surface area contributed by atoms with Gasteiger partial charge >= 0.3 is 0 Å². The molecule has 0 bridgehead atoms. The smallest absolute Gasteiger partial charge is 0.239 e. The molecule has 3 aromatic heterocycles. The minimum Gasteiger partial charge on any atom is -0.368 e. The molecule has 4 N–H and O–H groups in total. The van der Waals surface area contributed by atoms with Crippen LogP contribution < -0.4 is 11.1 Å². The Morgan fingerprint density at radius 2 is 2.32 bits per heavy atom. The molecule has 112 valence electrons. The van der Waals surface area contributed by atoms with Gasteiger partial charge in [-0.3, -0.25) is 4.79 Å². The lowest BCUT2D eigenvalue weighted by molar-refractivity contribution is -0.118. The van der Waals surface area contributed by atoms with Gasteiger partial charge in [-0.1, -0.05) is 6.92 Å². The number of nitrogens with zero attached hydrogens (tertiary/aromatic N) is 4. The van der Waals surface area contributed by atoms with Gasteiger partial charge in [0, 0.05) is 29.5 Å². The molecule has 0 unspecified atom stereocenters. The van der Waals surface area contributed by atoms with E-state index >= 15 is 0 Å². The Morgan fingerprint density at radius 1 is 1.45 bits per heavy atom. The van der Waals surface area contributed by atoms with E-state index in [4.69, 9.17) is 5.73 Å². The van der Waals surface area contributed by atoms with Crippen molar-refractivity contribution in [1.82, 2.24) is 24.9 Å². The highest BCUT2D eigenvalue weighted by molar-refractivity contribution is 5.91. The number of anilines is 1. The number of fused-ring (bicyclic) bond motifs is 1. The van der Waals surface area contributed by atoms with Gasteiger partial charge in [0.2, 0.25) is 5.91 Å². The minimum atomic E-state index is -0.464. The molecule has 0 aromatic carbocycles. The first-order valence-corrected chi connectivity index (χ1v) is 6.85. The van der Waals surface area contributed by atoms with E-state index in [2.05, 4.69) is 30.2 Å². The molecule has 1 atom stereocenters. The van der Waals surface area contributed by atoms with E-state index in [0.29, 0.717) is 18.1 Å². The van der Waals surface area contributed by atoms with Gasteiger partial charge in [-0.2, -0.15) is 0 Å². The van der Waals surface area contributed by atoms with Crippen LogP contribution in [-0.4, -0.2) is 36.9 Å². The summed E-state index contributed by atoms with van der Waals surface area (Å²) in [6, 6.07) is 1.23. The lowest BCUT2D eigenvalue weighted by Crippen LogP contribution is -2.35. The number of primary amides is 1. The van der Waals surface area contributed by atoms with E-state index in [-0.39, 0.29) is 0 Å². The molecule has 0 saturated heterocycles. The Labute approximate surface area is 126 Å². The van der Waals surface area contributed by atoms with Crippen LogP contribution in [0.25, 0.3) is 22.4 Å². The Kier molecular flexibility index (Phi) is 3.65. The predicted octanol–water partition coefficient (Wildman–Crippen LogP) is 1.09. The maximum atomic E-state index is 11.3. The van der Waals surface area contributed by atoms with Crippen LogP contribution in [0.5, 0.6) is 0 Å². The van der Waals surface area contributed by atoms with E-state index in [0.717, 1.165) is 16.6 Å². The van der Waals surface area contributed by atoms with Gasteiger partial charge < -0.3 is 16.0 Å². The average Bonchev–Trinajstić information content (AvgIpc) is 2.96. The molecule has 8 heteroatoms. The van der Waals surface area contributed by atoms with Crippen molar-refractivity contribution in [2.45, 2.75) is 19.4 Å². The third-order valence-electron chi connectivity index (χ3n) is 3.33. The van der Waals surface area contributed by atoms with Crippen molar-refractivity contribution in [2.24, 2.45) is 5.73 Å². The van der Waals surface area contributed by atoms with Crippen molar-refractivity contribution >= 4 is 22.8 Å². The second-order valence-electron chi connectivity index (χ2n) is 4.76. The zero-order chi connectivity index (χ0) is 15.5. The number of hydrogen-bond acceptors (Lipinski definition) is 6. The first-order chi connectivity index (χ1) is 10.7. The van der Waals surface area contributed by atoms with Crippen molar-refractivity contribution in [3.8, 4) is 11.4 Å². The van der Waals surface area contributed by atoms with Gasteiger partial charge in [-0.15, -0.1) is 0 Å². The molecule has 3 heterocycles. The number of H-pyrrole nitrogens is 1. The highest BCUT2D eigenvalue weighted by atomic mass is 16.1. The topological polar surface area (TPSA) is 122 Å². The summed E-state index contributed by atoms with van der Waals surface area (Å²) in [6.45, 7) is 1.88. The molecule has 0 saturated carbocycles. The summed E-state index contributed by atoms with van der Waals surface area (Å²) >= 11 is 0. The molecule has 0 radical (unpaired) electrons. The fraction of sp³-hybridized carbons (Fsp3) is 0.214. The van der Waals surface area contributed by atoms with E-state index in [1.807, 2.05) is 6.92 Å². The van der Waals surface area contributed by atoms with Crippen LogP contribution in [0, 0.1) is 0 Å². The van der Waals surface area contributed by atoms with Crippen molar-refractivity contribution in [2.75, 3.05) is 5.32 Å². The van der Waals surface area contributed by atoms with Gasteiger partial charge in [0.25, 0.3) is 0 Å². The number of hydrogen-bond donors (Lipinski definition) is 3. The van der Waals surface area contributed by atoms with Crippen LogP contribution in [0.4, 0.5) is 5.82 Å². The first-order valence-electron chi connectivity index (χ1n) is 6.85. The minimum absolute atomic E-state index is 0.414. The second kappa shape index (κ2) is 5.76. The second-order valence-corrected chi connectivity index (χ2v) is 4.76. The fourth-order valence-corrected chi connectivity index (χ4v) is 2.17. The van der Waals surface area contributed by atoms with Crippen molar-refractivity contribution in [3.63, 3.8) is 0 Å². The number of nitrogens with two attached hydrogens (primary N) is 1. The molecule has 0 spiro atoms. The zero-order valence-corrected chi connectivity index (χ0v) is 11.9. The monoisotopic (exact) mass is 297 g/mol. The molecular formula is C14H15N7O. The molecule has 0 aliphatic rings. The van der Waals surface area contributed by atoms with Gasteiger partial charge in [-0.25, -0.2) is 19.9 Å². The number of amides is 1. The number of aromatic nitrogens is 5. The van der Waals surface area contributed by atoms with Gasteiger partial charge in [0.05, 0.1) is 0 Å². The lowest BCUT2D eigenvalue weighted by atomic mass is 10.2. The van der Waals surface area contributed by atoms with Crippen LogP contribution in [0.2, 0.25) is 0 Å². The fourth-order valence-electron chi connectivity index (χ4n) is 2.17. The summed E-state index contributed by atoms with van der Waals surface area (Å²) in [5, 5.41) is 3.85. The molecule has 3 rings (SSSR count). The van der Waals surface area contributed by atoms with Crippen LogP contribution >= 0.6 is 0 Å². The first kappa shape index (κ1) is 13.9. The summed E-state index contributed by atoms with van der Waals surface area (Å²) in [4.78, 5) is 31.2. The molecule has 0 aliphatic carbocycles. The van der Waals surface area contributed by atoms with Gasteiger partial charge in [0.15, 0.2) is 5.82 Å². The Balaban J connectivity index is 1.96. The van der Waals surface area contributed by atoms with E-state index in [9.17, 15) is 4.79 Å². The maximum Gasteiger partial charge on any atom is 0.239 e. The van der Waals surface area contributed by atoms with E-state index < -0.39 is 11.9 Å². The molecular weight excluding hydrogens is 282 g/mol. The van der Waals surface area contributed by atoms with Crippen LogP contribution in [-0.2, 0) is 4.79 Å². The molecule has 8 nitrogen and oxygen atoms in total. The predicted molar refractivity (Wildman–Crippen MR) is 81.8 cm³/mol. The lowest BCUT2D eigenvalue weighted by Gasteiger charge is -2.13. The summed E-state index contributed by atoms with van der Waals surface area (Å²) in [5.41, 5.74) is 6.85. The molecule has 0 aliphatic heterocycles. The molecule has 0 fully saturated rings. The quantitative estimate of drug-likeness (QED) is 0.648. The Bertz CT molecular complexity index is 814. The third-order valence-corrected chi connectivity index (χ3v) is 3.33. The number of carbonyl (C=O) groups is 1. The van der Waals surface area contributed by atoms with Crippen LogP contribution in [0.15, 0.2) is 31.0 Å². The molecule has 22 heavy (non-hydrogen) atoms. The number of aromatic amines is 1. The summed E-state index contributed by atoms with van der Waals surface area (Å²) < 4.78 is 0. The van der Waals surface area contributed by atoms with E-state index in [1.54, 1.807) is 24.7 Å². The normalized spacial score (nSPS) is 12.2. The van der Waals surface area contributed by atoms with Gasteiger partial charge in [0.1, 0.15) is 23.8 Å². The van der Waals surface area contributed by atoms with Crippen LogP contribution in [0.1, 0.15) is 13.3 Å². The van der Waals surface area contributed by atoms with Gasteiger partial charge in [-0.05, 0) is 12.5 Å². The highest BCUT2D eigenvalue weighted by Crippen LogP contribution is 2.24. The Morgan fingerprint density at radius 3 is 3.09 bits per heavy atom. The summed E-state index contributed by atoms with van der Waals surface area (Å²) in [5.74, 6) is 0.648. The van der Waals surface area contributed by atoms with Crippen molar-refractivity contribution in [3.05, 3.63) is 31.0 Å². The maximum absolute atomic E-state index is 11.3. The summed E-state index contributed by atoms with van der Waals surface area (Å²) in [7, 11) is 0. The largest absolute Gasteiger partial charge is 0.368 e. The number of nitrogens with one attached hydrogen (secondary N) is 2. The zero-order valence-electron chi connectivity index (χ0n) is 11.9. The third kappa shape index (κ3) is 2.58. The average molecular weight is 297 g/mol. The summed E-state index contributed by atoms with van der Waals surface area (Å²) in [6.07, 6.45) is 7.16.